The Morgan fingerprint density at radius 3 is 2.46 bits per heavy atom. The Morgan fingerprint density at radius 2 is 1.92 bits per heavy atom. The zero-order valence-corrected chi connectivity index (χ0v) is 8.49. The maximum atomic E-state index is 11.4. The van der Waals surface area contributed by atoms with Crippen LogP contribution >= 0.6 is 0 Å². The van der Waals surface area contributed by atoms with Gasteiger partial charge in [-0.05, 0) is 39.9 Å². The standard InChI is InChI=1S/C10H18N2O/c1-8(13)10-7-12-5-3-9(4-6-12)11(10)2/h9-10H,3-7H2,1-2H3. The molecule has 3 saturated heterocycles. The van der Waals surface area contributed by atoms with Gasteiger partial charge >= 0.3 is 0 Å². The molecule has 3 fully saturated rings. The van der Waals surface area contributed by atoms with E-state index >= 15 is 0 Å². The minimum Gasteiger partial charge on any atom is -0.301 e. The molecule has 0 amide bonds. The molecule has 1 unspecified atom stereocenters. The minimum atomic E-state index is 0.148. The highest BCUT2D eigenvalue weighted by molar-refractivity contribution is 5.81. The highest BCUT2D eigenvalue weighted by atomic mass is 16.1. The van der Waals surface area contributed by atoms with Crippen LogP contribution in [0.2, 0.25) is 0 Å². The predicted molar refractivity (Wildman–Crippen MR) is 51.7 cm³/mol. The highest BCUT2D eigenvalue weighted by Crippen LogP contribution is 2.23. The number of nitrogens with zero attached hydrogens (tertiary/aromatic N) is 2. The normalized spacial score (nSPS) is 40.3. The third kappa shape index (κ3) is 1.63. The molecule has 0 aliphatic carbocycles. The summed E-state index contributed by atoms with van der Waals surface area (Å²) in [5.41, 5.74) is 0. The Labute approximate surface area is 79.7 Å². The van der Waals surface area contributed by atoms with Crippen molar-refractivity contribution in [3.8, 4) is 0 Å². The fourth-order valence-corrected chi connectivity index (χ4v) is 2.55. The van der Waals surface area contributed by atoms with Gasteiger partial charge in [0.25, 0.3) is 0 Å². The Bertz CT molecular complexity index is 209. The van der Waals surface area contributed by atoms with Gasteiger partial charge in [-0.15, -0.1) is 0 Å². The molecule has 0 N–H and O–H groups in total. The monoisotopic (exact) mass is 182 g/mol. The highest BCUT2D eigenvalue weighted by Gasteiger charge is 2.34. The molecule has 3 aliphatic rings. The summed E-state index contributed by atoms with van der Waals surface area (Å²) < 4.78 is 0. The van der Waals surface area contributed by atoms with E-state index in [2.05, 4.69) is 16.8 Å². The van der Waals surface area contributed by atoms with Crippen LogP contribution in [-0.2, 0) is 4.79 Å². The first-order chi connectivity index (χ1) is 6.18. The van der Waals surface area contributed by atoms with Gasteiger partial charge in [0.2, 0.25) is 0 Å². The van der Waals surface area contributed by atoms with E-state index in [9.17, 15) is 4.79 Å². The van der Waals surface area contributed by atoms with Gasteiger partial charge in [0.05, 0.1) is 6.04 Å². The Balaban J connectivity index is 2.17. The van der Waals surface area contributed by atoms with E-state index < -0.39 is 0 Å². The van der Waals surface area contributed by atoms with Gasteiger partial charge in [-0.3, -0.25) is 9.69 Å². The van der Waals surface area contributed by atoms with E-state index in [1.54, 1.807) is 6.92 Å². The first-order valence-corrected chi connectivity index (χ1v) is 5.13. The number of rotatable bonds is 1. The third-order valence-corrected chi connectivity index (χ3v) is 3.53. The molecule has 3 heterocycles. The second-order valence-electron chi connectivity index (χ2n) is 4.32. The van der Waals surface area contributed by atoms with Crippen LogP contribution in [0.3, 0.4) is 0 Å². The van der Waals surface area contributed by atoms with Crippen molar-refractivity contribution in [2.45, 2.75) is 31.8 Å². The van der Waals surface area contributed by atoms with Crippen LogP contribution < -0.4 is 0 Å². The lowest BCUT2D eigenvalue weighted by Crippen LogP contribution is -2.43. The van der Waals surface area contributed by atoms with Crippen molar-refractivity contribution in [3.05, 3.63) is 0 Å². The molecule has 1 atom stereocenters. The summed E-state index contributed by atoms with van der Waals surface area (Å²) in [6.45, 7) is 5.02. The van der Waals surface area contributed by atoms with E-state index in [1.165, 1.54) is 25.9 Å². The SMILES string of the molecule is CC(=O)C1CN2CCC(CC2)N1C. The summed E-state index contributed by atoms with van der Waals surface area (Å²) in [5.74, 6) is 0.321. The van der Waals surface area contributed by atoms with Crippen LogP contribution in [0.4, 0.5) is 0 Å². The smallest absolute Gasteiger partial charge is 0.148 e. The number of ketones is 1. The summed E-state index contributed by atoms with van der Waals surface area (Å²) >= 11 is 0. The average molecular weight is 182 g/mol. The van der Waals surface area contributed by atoms with E-state index in [4.69, 9.17) is 0 Å². The summed E-state index contributed by atoms with van der Waals surface area (Å²) in [7, 11) is 2.10. The maximum Gasteiger partial charge on any atom is 0.148 e. The maximum absolute atomic E-state index is 11.4. The van der Waals surface area contributed by atoms with Gasteiger partial charge < -0.3 is 4.90 Å². The van der Waals surface area contributed by atoms with Crippen molar-refractivity contribution < 1.29 is 4.79 Å². The number of carbonyl (C=O) groups is 1. The Kier molecular flexibility index (Phi) is 2.39. The molecule has 74 valence electrons. The average Bonchev–Trinajstić information content (AvgIpc) is 2.36. The predicted octanol–water partition coefficient (Wildman–Crippen LogP) is 0.354. The molecular weight excluding hydrogens is 164 g/mol. The molecule has 3 nitrogen and oxygen atoms in total. The third-order valence-electron chi connectivity index (χ3n) is 3.53. The van der Waals surface area contributed by atoms with Crippen molar-refractivity contribution in [3.63, 3.8) is 0 Å². The van der Waals surface area contributed by atoms with Crippen LogP contribution in [0.15, 0.2) is 0 Å². The lowest BCUT2D eigenvalue weighted by molar-refractivity contribution is -0.122. The molecule has 3 rings (SSSR count). The van der Waals surface area contributed by atoms with Gasteiger partial charge in [-0.25, -0.2) is 0 Å². The zero-order chi connectivity index (χ0) is 9.42. The molecule has 0 radical (unpaired) electrons. The molecule has 3 heteroatoms. The van der Waals surface area contributed by atoms with Gasteiger partial charge in [-0.2, -0.15) is 0 Å². The van der Waals surface area contributed by atoms with Crippen LogP contribution in [-0.4, -0.2) is 54.3 Å². The van der Waals surface area contributed by atoms with Crippen LogP contribution in [0, 0.1) is 0 Å². The van der Waals surface area contributed by atoms with Crippen molar-refractivity contribution in [1.29, 1.82) is 0 Å². The van der Waals surface area contributed by atoms with E-state index in [0.29, 0.717) is 11.8 Å². The molecular formula is C10H18N2O. The number of likely N-dealkylation sites (N-methyl/N-ethyl adjacent to an activating group) is 1. The first-order valence-electron chi connectivity index (χ1n) is 5.13. The lowest BCUT2D eigenvalue weighted by atomic mass is 10.1. The van der Waals surface area contributed by atoms with Crippen LogP contribution in [0.1, 0.15) is 19.8 Å². The second kappa shape index (κ2) is 3.39. The van der Waals surface area contributed by atoms with E-state index in [0.717, 1.165) is 6.54 Å². The molecule has 0 aromatic carbocycles. The largest absolute Gasteiger partial charge is 0.301 e. The number of hydrogen-bond donors (Lipinski definition) is 0. The summed E-state index contributed by atoms with van der Waals surface area (Å²) in [5, 5.41) is 0. The van der Waals surface area contributed by atoms with Crippen LogP contribution in [0.25, 0.3) is 0 Å². The number of fused-ring (bicyclic) bond motifs is 4. The van der Waals surface area contributed by atoms with Crippen molar-refractivity contribution in [2.75, 3.05) is 26.7 Å². The quantitative estimate of drug-likeness (QED) is 0.585. The Hall–Kier alpha value is -0.410. The van der Waals surface area contributed by atoms with Gasteiger partial charge in [-0.1, -0.05) is 0 Å². The zero-order valence-electron chi connectivity index (χ0n) is 8.49. The first kappa shape index (κ1) is 9.16. The van der Waals surface area contributed by atoms with Gasteiger partial charge in [0.1, 0.15) is 5.78 Å². The second-order valence-corrected chi connectivity index (χ2v) is 4.32. The number of piperidine rings is 1. The fraction of sp³-hybridized carbons (Fsp3) is 0.900. The fourth-order valence-electron chi connectivity index (χ4n) is 2.55. The minimum absolute atomic E-state index is 0.148. The molecule has 0 saturated carbocycles. The molecule has 0 spiro atoms. The van der Waals surface area contributed by atoms with Gasteiger partial charge in [0.15, 0.2) is 0 Å². The summed E-state index contributed by atoms with van der Waals surface area (Å²) in [4.78, 5) is 16.1. The number of Topliss-reactive ketones (excluding diaryl/α,β-unsaturated/α-hetero) is 1. The van der Waals surface area contributed by atoms with Crippen LogP contribution in [0.5, 0.6) is 0 Å². The number of hydrogen-bond acceptors (Lipinski definition) is 3. The topological polar surface area (TPSA) is 23.6 Å². The molecule has 0 aromatic heterocycles. The van der Waals surface area contributed by atoms with E-state index in [1.807, 2.05) is 0 Å². The summed E-state index contributed by atoms with van der Waals surface area (Å²) in [6.07, 6.45) is 2.47. The molecule has 0 aromatic rings. The molecule has 3 aliphatic heterocycles. The van der Waals surface area contributed by atoms with Gasteiger partial charge in [0, 0.05) is 12.6 Å². The lowest BCUT2D eigenvalue weighted by Gasteiger charge is -2.30. The molecule has 2 bridgehead atoms. The Morgan fingerprint density at radius 1 is 1.31 bits per heavy atom. The molecule has 13 heavy (non-hydrogen) atoms. The summed E-state index contributed by atoms with van der Waals surface area (Å²) in [6, 6.07) is 0.794. The van der Waals surface area contributed by atoms with E-state index in [-0.39, 0.29) is 6.04 Å². The van der Waals surface area contributed by atoms with Crippen molar-refractivity contribution in [1.82, 2.24) is 9.80 Å². The number of carbonyl (C=O) groups excluding carboxylic acids is 1. The van der Waals surface area contributed by atoms with Crippen molar-refractivity contribution in [2.24, 2.45) is 0 Å². The van der Waals surface area contributed by atoms with Crippen molar-refractivity contribution >= 4 is 5.78 Å².